The average Bonchev–Trinajstić information content (AvgIpc) is 2.68. The van der Waals surface area contributed by atoms with Crippen LogP contribution in [0.1, 0.15) is 11.1 Å². The van der Waals surface area contributed by atoms with Gasteiger partial charge in [-0.3, -0.25) is 0 Å². The highest BCUT2D eigenvalue weighted by atomic mass is 16.3. The minimum absolute atomic E-state index is 0.0191. The molecule has 1 heterocycles. The van der Waals surface area contributed by atoms with Crippen LogP contribution in [0.2, 0.25) is 0 Å². The summed E-state index contributed by atoms with van der Waals surface area (Å²) in [6.07, 6.45) is 4.35. The standard InChI is InChI=1S/C10H10N4O2/c1-7-2-8(15)3-10(16)9(7)4-13-14-5-11-12-6-14/h2-6,15-16H,1H3/b13-4+. The maximum atomic E-state index is 9.61. The molecule has 0 bridgehead atoms. The SMILES string of the molecule is Cc1cc(O)cc(O)c1/C=N/n1cnnc1. The number of aromatic nitrogens is 3. The van der Waals surface area contributed by atoms with Crippen LogP contribution in [-0.4, -0.2) is 31.3 Å². The van der Waals surface area contributed by atoms with Crippen molar-refractivity contribution < 1.29 is 10.2 Å². The summed E-state index contributed by atoms with van der Waals surface area (Å²) in [7, 11) is 0. The number of phenolic OH excluding ortho intramolecular Hbond substituents is 2. The molecule has 2 rings (SSSR count). The molecular weight excluding hydrogens is 208 g/mol. The lowest BCUT2D eigenvalue weighted by molar-refractivity contribution is 0.449. The molecule has 6 nitrogen and oxygen atoms in total. The Balaban J connectivity index is 2.35. The summed E-state index contributed by atoms with van der Waals surface area (Å²) in [6, 6.07) is 2.81. The zero-order chi connectivity index (χ0) is 11.5. The van der Waals surface area contributed by atoms with Gasteiger partial charge in [-0.1, -0.05) is 0 Å². The Morgan fingerprint density at radius 2 is 1.94 bits per heavy atom. The summed E-state index contributed by atoms with van der Waals surface area (Å²) < 4.78 is 1.41. The van der Waals surface area contributed by atoms with Crippen LogP contribution in [0.3, 0.4) is 0 Å². The van der Waals surface area contributed by atoms with E-state index in [4.69, 9.17) is 0 Å². The molecule has 0 spiro atoms. The second kappa shape index (κ2) is 4.01. The first-order chi connectivity index (χ1) is 7.66. The minimum Gasteiger partial charge on any atom is -0.508 e. The molecule has 6 heteroatoms. The van der Waals surface area contributed by atoms with Crippen LogP contribution in [0.4, 0.5) is 0 Å². The van der Waals surface area contributed by atoms with Crippen molar-refractivity contribution in [3.05, 3.63) is 35.9 Å². The smallest absolute Gasteiger partial charge is 0.141 e. The lowest BCUT2D eigenvalue weighted by Crippen LogP contribution is -1.91. The molecule has 0 radical (unpaired) electrons. The fraction of sp³-hybridized carbons (Fsp3) is 0.100. The number of hydrogen-bond donors (Lipinski definition) is 2. The predicted molar refractivity (Wildman–Crippen MR) is 57.5 cm³/mol. The van der Waals surface area contributed by atoms with Gasteiger partial charge in [0.1, 0.15) is 24.2 Å². The van der Waals surface area contributed by atoms with E-state index in [1.54, 1.807) is 13.0 Å². The van der Waals surface area contributed by atoms with Crippen LogP contribution in [0.25, 0.3) is 0 Å². The second-order valence-corrected chi connectivity index (χ2v) is 3.28. The molecule has 0 saturated carbocycles. The average molecular weight is 218 g/mol. The second-order valence-electron chi connectivity index (χ2n) is 3.28. The summed E-state index contributed by atoms with van der Waals surface area (Å²) in [4.78, 5) is 0. The van der Waals surface area contributed by atoms with Crippen molar-refractivity contribution in [2.24, 2.45) is 5.10 Å². The molecule has 1 aromatic heterocycles. The fourth-order valence-electron chi connectivity index (χ4n) is 1.31. The van der Waals surface area contributed by atoms with Gasteiger partial charge in [-0.2, -0.15) is 5.10 Å². The Hall–Kier alpha value is -2.37. The van der Waals surface area contributed by atoms with Crippen molar-refractivity contribution in [1.82, 2.24) is 14.9 Å². The van der Waals surface area contributed by atoms with Gasteiger partial charge in [-0.25, -0.2) is 4.68 Å². The molecular formula is C10H10N4O2. The number of benzene rings is 1. The van der Waals surface area contributed by atoms with Crippen LogP contribution >= 0.6 is 0 Å². The Morgan fingerprint density at radius 3 is 2.56 bits per heavy atom. The van der Waals surface area contributed by atoms with E-state index < -0.39 is 0 Å². The molecule has 2 aromatic rings. The number of hydrogen-bond acceptors (Lipinski definition) is 5. The van der Waals surface area contributed by atoms with Crippen molar-refractivity contribution in [3.8, 4) is 11.5 Å². The van der Waals surface area contributed by atoms with Crippen molar-refractivity contribution in [3.63, 3.8) is 0 Å². The van der Waals surface area contributed by atoms with Crippen molar-refractivity contribution >= 4 is 6.21 Å². The Bertz CT molecular complexity index is 497. The van der Waals surface area contributed by atoms with Crippen LogP contribution < -0.4 is 0 Å². The Kier molecular flexibility index (Phi) is 2.55. The maximum Gasteiger partial charge on any atom is 0.141 e. The quantitative estimate of drug-likeness (QED) is 0.733. The lowest BCUT2D eigenvalue weighted by Gasteiger charge is -2.03. The molecule has 16 heavy (non-hydrogen) atoms. The first-order valence-electron chi connectivity index (χ1n) is 4.58. The van der Waals surface area contributed by atoms with E-state index in [9.17, 15) is 10.2 Å². The molecule has 82 valence electrons. The van der Waals surface area contributed by atoms with Crippen LogP contribution in [-0.2, 0) is 0 Å². The highest BCUT2D eigenvalue weighted by Gasteiger charge is 2.04. The van der Waals surface area contributed by atoms with E-state index in [0.29, 0.717) is 5.56 Å². The molecule has 0 unspecified atom stereocenters. The molecule has 0 aliphatic carbocycles. The molecule has 2 N–H and O–H groups in total. The van der Waals surface area contributed by atoms with Gasteiger partial charge in [0, 0.05) is 11.6 Å². The van der Waals surface area contributed by atoms with Crippen LogP contribution in [0.15, 0.2) is 29.9 Å². The van der Waals surface area contributed by atoms with Crippen LogP contribution in [0.5, 0.6) is 11.5 Å². The van der Waals surface area contributed by atoms with Gasteiger partial charge in [-0.05, 0) is 18.6 Å². The number of aryl methyl sites for hydroxylation is 1. The Labute approximate surface area is 91.5 Å². The van der Waals surface area contributed by atoms with E-state index in [1.807, 2.05) is 0 Å². The number of nitrogens with zero attached hydrogens (tertiary/aromatic N) is 4. The Morgan fingerprint density at radius 1 is 1.25 bits per heavy atom. The normalized spacial score (nSPS) is 11.1. The molecule has 0 amide bonds. The molecule has 0 fully saturated rings. The monoisotopic (exact) mass is 218 g/mol. The summed E-state index contributed by atoms with van der Waals surface area (Å²) in [5.41, 5.74) is 1.28. The summed E-state index contributed by atoms with van der Waals surface area (Å²) in [5, 5.41) is 30.0. The van der Waals surface area contributed by atoms with Gasteiger partial charge in [-0.15, -0.1) is 10.2 Å². The van der Waals surface area contributed by atoms with Gasteiger partial charge >= 0.3 is 0 Å². The fourth-order valence-corrected chi connectivity index (χ4v) is 1.31. The van der Waals surface area contributed by atoms with E-state index >= 15 is 0 Å². The number of aromatic hydroxyl groups is 2. The van der Waals surface area contributed by atoms with Gasteiger partial charge in [0.15, 0.2) is 0 Å². The first kappa shape index (κ1) is 10.2. The number of rotatable bonds is 2. The third-order valence-corrected chi connectivity index (χ3v) is 2.08. The zero-order valence-corrected chi connectivity index (χ0v) is 8.57. The topological polar surface area (TPSA) is 83.5 Å². The van der Waals surface area contributed by atoms with Crippen molar-refractivity contribution in [1.29, 1.82) is 0 Å². The summed E-state index contributed by atoms with van der Waals surface area (Å²) in [6.45, 7) is 1.77. The highest BCUT2D eigenvalue weighted by molar-refractivity contribution is 5.85. The largest absolute Gasteiger partial charge is 0.508 e. The third kappa shape index (κ3) is 2.00. The predicted octanol–water partition coefficient (Wildman–Crippen LogP) is 0.880. The maximum absolute atomic E-state index is 9.61. The van der Waals surface area contributed by atoms with Gasteiger partial charge < -0.3 is 10.2 Å². The molecule has 0 atom stereocenters. The lowest BCUT2D eigenvalue weighted by atomic mass is 10.1. The van der Waals surface area contributed by atoms with Gasteiger partial charge in [0.2, 0.25) is 0 Å². The van der Waals surface area contributed by atoms with Gasteiger partial charge in [0.25, 0.3) is 0 Å². The summed E-state index contributed by atoms with van der Waals surface area (Å²) in [5.74, 6) is 0.00534. The van der Waals surface area contributed by atoms with Crippen molar-refractivity contribution in [2.45, 2.75) is 6.92 Å². The minimum atomic E-state index is -0.0191. The van der Waals surface area contributed by atoms with E-state index in [2.05, 4.69) is 15.3 Å². The van der Waals surface area contributed by atoms with Gasteiger partial charge in [0.05, 0.1) is 6.21 Å². The first-order valence-corrected chi connectivity index (χ1v) is 4.58. The van der Waals surface area contributed by atoms with Crippen LogP contribution in [0, 0.1) is 6.92 Å². The third-order valence-electron chi connectivity index (χ3n) is 2.08. The highest BCUT2D eigenvalue weighted by Crippen LogP contribution is 2.25. The van der Waals surface area contributed by atoms with E-state index in [-0.39, 0.29) is 11.5 Å². The van der Waals surface area contributed by atoms with E-state index in [0.717, 1.165) is 5.56 Å². The molecule has 1 aromatic carbocycles. The summed E-state index contributed by atoms with van der Waals surface area (Å²) >= 11 is 0. The zero-order valence-electron chi connectivity index (χ0n) is 8.57. The molecule has 0 aliphatic rings. The van der Waals surface area contributed by atoms with Crippen molar-refractivity contribution in [2.75, 3.05) is 0 Å². The molecule has 0 saturated heterocycles. The molecule has 0 aliphatic heterocycles. The number of phenols is 2. The van der Waals surface area contributed by atoms with E-state index in [1.165, 1.54) is 29.6 Å².